The van der Waals surface area contributed by atoms with Crippen molar-refractivity contribution in [1.29, 1.82) is 0 Å². The molecule has 0 radical (unpaired) electrons. The van der Waals surface area contributed by atoms with Crippen LogP contribution in [0, 0.1) is 5.82 Å². The fourth-order valence-electron chi connectivity index (χ4n) is 3.20. The van der Waals surface area contributed by atoms with Gasteiger partial charge in [-0.1, -0.05) is 6.08 Å². The van der Waals surface area contributed by atoms with E-state index in [-0.39, 0.29) is 41.8 Å². The number of aryl methyl sites for hydroxylation is 1. The van der Waals surface area contributed by atoms with Gasteiger partial charge in [0.1, 0.15) is 5.82 Å². The van der Waals surface area contributed by atoms with Crippen LogP contribution in [-0.2, 0) is 17.6 Å². The minimum absolute atomic E-state index is 0. The molecule has 1 aromatic heterocycles. The fourth-order valence-corrected chi connectivity index (χ4v) is 3.20. The standard InChI is InChI=1S/C19H21FN2O4.Na/c20-12-4-6-13(7-5-12)22-18(16-2-1-3-17(16)21-22)9-8-14(23)10-15(24)11-19(25)26;/h4-9,14-15,23-24H,1-3,10-11H2,(H,25,26);/q;+1/p-1/b9-8+;/t14-,15-;/m0./s1. The van der Waals surface area contributed by atoms with Crippen molar-refractivity contribution < 1.29 is 54.1 Å². The van der Waals surface area contributed by atoms with Crippen molar-refractivity contribution in [3.63, 3.8) is 0 Å². The molecule has 138 valence electrons. The molecule has 1 aromatic carbocycles. The van der Waals surface area contributed by atoms with E-state index in [1.807, 2.05) is 0 Å². The molecule has 0 bridgehead atoms. The molecular weight excluding hydrogens is 362 g/mol. The van der Waals surface area contributed by atoms with Gasteiger partial charge in [0, 0.05) is 24.4 Å². The Morgan fingerprint density at radius 2 is 2.00 bits per heavy atom. The van der Waals surface area contributed by atoms with Crippen LogP contribution in [0.2, 0.25) is 0 Å². The minimum Gasteiger partial charge on any atom is -0.550 e. The molecule has 0 unspecified atom stereocenters. The molecule has 2 atom stereocenters. The molecule has 0 fully saturated rings. The molecular formula is C19H20FN2NaO4. The molecule has 1 aliphatic carbocycles. The van der Waals surface area contributed by atoms with Crippen LogP contribution in [0.5, 0.6) is 0 Å². The van der Waals surface area contributed by atoms with E-state index in [2.05, 4.69) is 5.10 Å². The van der Waals surface area contributed by atoms with Crippen LogP contribution >= 0.6 is 0 Å². The summed E-state index contributed by atoms with van der Waals surface area (Å²) in [5, 5.41) is 34.7. The molecule has 2 aromatic rings. The summed E-state index contributed by atoms with van der Waals surface area (Å²) in [6.07, 6.45) is 3.19. The topological polar surface area (TPSA) is 98.4 Å². The molecule has 8 heteroatoms. The normalized spacial score (nSPS) is 15.4. The number of carbonyl (C=O) groups is 1. The number of aliphatic hydroxyl groups excluding tert-OH is 2. The Balaban J connectivity index is 0.00000261. The second kappa shape index (κ2) is 9.61. The number of hydrogen-bond acceptors (Lipinski definition) is 5. The Labute approximate surface area is 178 Å². The molecule has 0 aliphatic heterocycles. The van der Waals surface area contributed by atoms with Crippen LogP contribution in [0.1, 0.15) is 36.2 Å². The first-order chi connectivity index (χ1) is 12.4. The van der Waals surface area contributed by atoms with Crippen LogP contribution in [-0.4, -0.2) is 38.2 Å². The third-order valence-corrected chi connectivity index (χ3v) is 4.41. The number of halogens is 1. The van der Waals surface area contributed by atoms with Crippen LogP contribution in [0.25, 0.3) is 11.8 Å². The van der Waals surface area contributed by atoms with Gasteiger partial charge in [0.15, 0.2) is 0 Å². The van der Waals surface area contributed by atoms with Gasteiger partial charge >= 0.3 is 29.6 Å². The van der Waals surface area contributed by atoms with Crippen LogP contribution < -0.4 is 34.7 Å². The first-order valence-corrected chi connectivity index (χ1v) is 8.55. The predicted molar refractivity (Wildman–Crippen MR) is 90.8 cm³/mol. The summed E-state index contributed by atoms with van der Waals surface area (Å²) in [7, 11) is 0. The zero-order valence-electron chi connectivity index (χ0n) is 15.1. The predicted octanol–water partition coefficient (Wildman–Crippen LogP) is -2.23. The molecule has 1 aliphatic rings. The number of aliphatic hydroxyl groups is 2. The van der Waals surface area contributed by atoms with Gasteiger partial charge in [0.05, 0.1) is 29.3 Å². The van der Waals surface area contributed by atoms with E-state index in [9.17, 15) is 24.5 Å². The van der Waals surface area contributed by atoms with Crippen molar-refractivity contribution in [1.82, 2.24) is 9.78 Å². The molecule has 27 heavy (non-hydrogen) atoms. The Hall–Kier alpha value is -1.51. The second-order valence-electron chi connectivity index (χ2n) is 6.44. The molecule has 0 saturated heterocycles. The average molecular weight is 382 g/mol. The van der Waals surface area contributed by atoms with Crippen molar-refractivity contribution in [2.24, 2.45) is 0 Å². The number of aromatic nitrogens is 2. The number of benzene rings is 1. The third kappa shape index (κ3) is 5.49. The Morgan fingerprint density at radius 3 is 2.67 bits per heavy atom. The van der Waals surface area contributed by atoms with Crippen molar-refractivity contribution in [2.45, 2.75) is 44.3 Å². The summed E-state index contributed by atoms with van der Waals surface area (Å²) in [4.78, 5) is 10.5. The summed E-state index contributed by atoms with van der Waals surface area (Å²) in [6.45, 7) is 0. The molecule has 3 rings (SSSR count). The first kappa shape index (κ1) is 21.8. The molecule has 2 N–H and O–H groups in total. The Bertz CT molecular complexity index is 820. The number of aliphatic carboxylic acids is 1. The number of carboxylic acid groups (broad SMARTS) is 1. The molecule has 0 saturated carbocycles. The molecule has 1 heterocycles. The van der Waals surface area contributed by atoms with Crippen molar-refractivity contribution in [3.05, 3.63) is 53.1 Å². The minimum atomic E-state index is -1.36. The maximum Gasteiger partial charge on any atom is 1.00 e. The quantitative estimate of drug-likeness (QED) is 0.528. The number of carboxylic acids is 1. The SMILES string of the molecule is O=C([O-])C[C@@H](O)C[C@@H](O)/C=C/c1c2c(nn1-c1ccc(F)cc1)CCC2.[Na+]. The maximum atomic E-state index is 13.2. The van der Waals surface area contributed by atoms with Crippen molar-refractivity contribution in [2.75, 3.05) is 0 Å². The van der Waals surface area contributed by atoms with Crippen molar-refractivity contribution >= 4 is 12.0 Å². The van der Waals surface area contributed by atoms with E-state index in [0.29, 0.717) is 5.69 Å². The Kier molecular flexibility index (Phi) is 7.76. The number of fused-ring (bicyclic) bond motifs is 1. The van der Waals surface area contributed by atoms with E-state index >= 15 is 0 Å². The second-order valence-corrected chi connectivity index (χ2v) is 6.44. The number of hydrogen-bond donors (Lipinski definition) is 2. The van der Waals surface area contributed by atoms with E-state index in [1.54, 1.807) is 22.9 Å². The smallest absolute Gasteiger partial charge is 0.550 e. The summed E-state index contributed by atoms with van der Waals surface area (Å²) >= 11 is 0. The zero-order valence-corrected chi connectivity index (χ0v) is 17.1. The Morgan fingerprint density at radius 1 is 1.30 bits per heavy atom. The van der Waals surface area contributed by atoms with Gasteiger partial charge in [0.2, 0.25) is 0 Å². The van der Waals surface area contributed by atoms with Gasteiger partial charge < -0.3 is 20.1 Å². The summed E-state index contributed by atoms with van der Waals surface area (Å²) in [6, 6.07) is 5.99. The number of nitrogens with zero attached hydrogens (tertiary/aromatic N) is 2. The van der Waals surface area contributed by atoms with E-state index in [0.717, 1.165) is 36.2 Å². The maximum absolute atomic E-state index is 13.2. The van der Waals surface area contributed by atoms with Gasteiger partial charge in [-0.2, -0.15) is 5.10 Å². The molecule has 6 nitrogen and oxygen atoms in total. The van der Waals surface area contributed by atoms with Crippen LogP contribution in [0.4, 0.5) is 4.39 Å². The van der Waals surface area contributed by atoms with E-state index in [1.165, 1.54) is 18.2 Å². The van der Waals surface area contributed by atoms with Gasteiger partial charge in [-0.05, 0) is 49.6 Å². The van der Waals surface area contributed by atoms with E-state index in [4.69, 9.17) is 0 Å². The van der Waals surface area contributed by atoms with E-state index < -0.39 is 24.6 Å². The van der Waals surface area contributed by atoms with Gasteiger partial charge in [0.25, 0.3) is 0 Å². The zero-order chi connectivity index (χ0) is 18.7. The monoisotopic (exact) mass is 382 g/mol. The fraction of sp³-hybridized carbons (Fsp3) is 0.368. The van der Waals surface area contributed by atoms with Gasteiger partial charge in [-0.15, -0.1) is 0 Å². The average Bonchev–Trinajstić information content (AvgIpc) is 3.14. The molecule has 0 spiro atoms. The summed E-state index contributed by atoms with van der Waals surface area (Å²) in [5.74, 6) is -1.69. The number of rotatable bonds is 7. The first-order valence-electron chi connectivity index (χ1n) is 8.55. The number of carbonyl (C=O) groups excluding carboxylic acids is 1. The van der Waals surface area contributed by atoms with Crippen LogP contribution in [0.15, 0.2) is 30.3 Å². The van der Waals surface area contributed by atoms with Crippen molar-refractivity contribution in [3.8, 4) is 5.69 Å². The van der Waals surface area contributed by atoms with Gasteiger partial charge in [-0.3, -0.25) is 0 Å². The largest absolute Gasteiger partial charge is 1.00 e. The molecule has 0 amide bonds. The summed E-state index contributed by atoms with van der Waals surface area (Å²) in [5.41, 5.74) is 3.60. The summed E-state index contributed by atoms with van der Waals surface area (Å²) < 4.78 is 14.9. The van der Waals surface area contributed by atoms with Crippen LogP contribution in [0.3, 0.4) is 0 Å². The third-order valence-electron chi connectivity index (χ3n) is 4.41. The van der Waals surface area contributed by atoms with Gasteiger partial charge in [-0.25, -0.2) is 9.07 Å².